The van der Waals surface area contributed by atoms with Crippen molar-refractivity contribution in [1.82, 2.24) is 5.32 Å². The highest BCUT2D eigenvalue weighted by Crippen LogP contribution is 2.36. The molecule has 4 nitrogen and oxygen atoms in total. The summed E-state index contributed by atoms with van der Waals surface area (Å²) in [5, 5.41) is 5.43. The SMILES string of the molecule is CC1Sc2ccc(C(=O)NC(C)c3ccccc3F)cc2NC1=O. The van der Waals surface area contributed by atoms with Crippen LogP contribution in [0.2, 0.25) is 0 Å². The second kappa shape index (κ2) is 6.65. The number of nitrogens with one attached hydrogen (secondary N) is 2. The number of carbonyl (C=O) groups excluding carboxylic acids is 2. The number of benzene rings is 2. The van der Waals surface area contributed by atoms with Gasteiger partial charge in [0.25, 0.3) is 5.91 Å². The van der Waals surface area contributed by atoms with Crippen LogP contribution >= 0.6 is 11.8 Å². The number of anilines is 1. The summed E-state index contributed by atoms with van der Waals surface area (Å²) in [6, 6.07) is 11.1. The lowest BCUT2D eigenvalue weighted by molar-refractivity contribution is -0.115. The van der Waals surface area contributed by atoms with E-state index < -0.39 is 6.04 Å². The summed E-state index contributed by atoms with van der Waals surface area (Å²) in [5.74, 6) is -0.746. The van der Waals surface area contributed by atoms with Crippen LogP contribution in [0, 0.1) is 5.82 Å². The zero-order valence-corrected chi connectivity index (χ0v) is 14.1. The number of carbonyl (C=O) groups is 2. The van der Waals surface area contributed by atoms with Crippen LogP contribution in [-0.2, 0) is 4.79 Å². The Kier molecular flexibility index (Phi) is 4.57. The average Bonchev–Trinajstić information content (AvgIpc) is 2.55. The van der Waals surface area contributed by atoms with E-state index in [2.05, 4.69) is 10.6 Å². The zero-order chi connectivity index (χ0) is 17.3. The molecule has 1 aliphatic rings. The van der Waals surface area contributed by atoms with Crippen molar-refractivity contribution in [2.24, 2.45) is 0 Å². The number of hydrogen-bond donors (Lipinski definition) is 2. The molecule has 2 amide bonds. The lowest BCUT2D eigenvalue weighted by Gasteiger charge is -2.22. The summed E-state index contributed by atoms with van der Waals surface area (Å²) in [7, 11) is 0. The van der Waals surface area contributed by atoms with E-state index in [1.54, 1.807) is 37.3 Å². The van der Waals surface area contributed by atoms with Crippen molar-refractivity contribution < 1.29 is 14.0 Å². The number of amides is 2. The van der Waals surface area contributed by atoms with Crippen LogP contribution in [0.25, 0.3) is 0 Å². The lowest BCUT2D eigenvalue weighted by Crippen LogP contribution is -2.29. The van der Waals surface area contributed by atoms with Gasteiger partial charge in [-0.3, -0.25) is 9.59 Å². The predicted octanol–water partition coefficient (Wildman–Crippen LogP) is 3.75. The van der Waals surface area contributed by atoms with Gasteiger partial charge in [-0.05, 0) is 38.1 Å². The molecular weight excluding hydrogens is 327 g/mol. The van der Waals surface area contributed by atoms with Crippen molar-refractivity contribution in [2.75, 3.05) is 5.32 Å². The molecule has 3 rings (SSSR count). The van der Waals surface area contributed by atoms with Gasteiger partial charge in [-0.2, -0.15) is 0 Å². The molecule has 124 valence electrons. The molecule has 0 saturated heterocycles. The summed E-state index contributed by atoms with van der Waals surface area (Å²) >= 11 is 1.46. The molecule has 2 aromatic rings. The highest BCUT2D eigenvalue weighted by Gasteiger charge is 2.24. The molecule has 0 spiro atoms. The Morgan fingerprint density at radius 2 is 2.04 bits per heavy atom. The summed E-state index contributed by atoms with van der Waals surface area (Å²) in [6.07, 6.45) is 0. The predicted molar refractivity (Wildman–Crippen MR) is 92.7 cm³/mol. The second-order valence-electron chi connectivity index (χ2n) is 5.68. The molecule has 24 heavy (non-hydrogen) atoms. The minimum absolute atomic E-state index is 0.0789. The zero-order valence-electron chi connectivity index (χ0n) is 13.3. The number of fused-ring (bicyclic) bond motifs is 1. The van der Waals surface area contributed by atoms with E-state index in [0.29, 0.717) is 16.8 Å². The van der Waals surface area contributed by atoms with Crippen LogP contribution in [0.3, 0.4) is 0 Å². The first-order chi connectivity index (χ1) is 11.5. The summed E-state index contributed by atoms with van der Waals surface area (Å²) in [6.45, 7) is 3.56. The van der Waals surface area contributed by atoms with Gasteiger partial charge in [0, 0.05) is 16.0 Å². The largest absolute Gasteiger partial charge is 0.345 e. The highest BCUT2D eigenvalue weighted by atomic mass is 32.2. The first-order valence-corrected chi connectivity index (χ1v) is 8.50. The first-order valence-electron chi connectivity index (χ1n) is 7.62. The Hall–Kier alpha value is -2.34. The Morgan fingerprint density at radius 1 is 1.29 bits per heavy atom. The third-order valence-electron chi connectivity index (χ3n) is 3.89. The van der Waals surface area contributed by atoms with E-state index >= 15 is 0 Å². The van der Waals surface area contributed by atoms with Gasteiger partial charge in [0.05, 0.1) is 17.0 Å². The van der Waals surface area contributed by atoms with Gasteiger partial charge in [-0.1, -0.05) is 18.2 Å². The normalized spacial score (nSPS) is 17.6. The summed E-state index contributed by atoms with van der Waals surface area (Å²) < 4.78 is 13.8. The van der Waals surface area contributed by atoms with Crippen LogP contribution in [-0.4, -0.2) is 17.1 Å². The van der Waals surface area contributed by atoms with Gasteiger partial charge in [0.1, 0.15) is 5.82 Å². The minimum Gasteiger partial charge on any atom is -0.345 e. The fraction of sp³-hybridized carbons (Fsp3) is 0.222. The molecule has 1 aliphatic heterocycles. The van der Waals surface area contributed by atoms with Gasteiger partial charge in [-0.25, -0.2) is 4.39 Å². The smallest absolute Gasteiger partial charge is 0.251 e. The molecule has 0 bridgehead atoms. The number of rotatable bonds is 3. The maximum absolute atomic E-state index is 13.8. The molecule has 0 saturated carbocycles. The van der Waals surface area contributed by atoms with Crippen molar-refractivity contribution in [1.29, 1.82) is 0 Å². The van der Waals surface area contributed by atoms with Crippen LogP contribution in [0.1, 0.15) is 35.8 Å². The van der Waals surface area contributed by atoms with Crippen molar-refractivity contribution in [3.8, 4) is 0 Å². The Morgan fingerprint density at radius 3 is 2.79 bits per heavy atom. The van der Waals surface area contributed by atoms with Gasteiger partial charge >= 0.3 is 0 Å². The molecule has 0 aromatic heterocycles. The Bertz CT molecular complexity index is 809. The third-order valence-corrected chi connectivity index (χ3v) is 5.07. The van der Waals surface area contributed by atoms with Gasteiger partial charge < -0.3 is 10.6 Å². The Labute approximate surface area is 143 Å². The molecule has 6 heteroatoms. The van der Waals surface area contributed by atoms with E-state index in [-0.39, 0.29) is 22.9 Å². The number of halogens is 1. The van der Waals surface area contributed by atoms with Crippen LogP contribution in [0.15, 0.2) is 47.4 Å². The first kappa shape index (κ1) is 16.5. The second-order valence-corrected chi connectivity index (χ2v) is 7.06. The highest BCUT2D eigenvalue weighted by molar-refractivity contribution is 8.00. The topological polar surface area (TPSA) is 58.2 Å². The quantitative estimate of drug-likeness (QED) is 0.891. The molecule has 0 radical (unpaired) electrons. The maximum atomic E-state index is 13.8. The summed E-state index contributed by atoms with van der Waals surface area (Å²) in [5.41, 5.74) is 1.49. The molecule has 2 atom stereocenters. The van der Waals surface area contributed by atoms with Crippen LogP contribution in [0.4, 0.5) is 10.1 Å². The third kappa shape index (κ3) is 3.28. The molecule has 0 aliphatic carbocycles. The van der Waals surface area contributed by atoms with Crippen molar-refractivity contribution in [3.63, 3.8) is 0 Å². The fourth-order valence-corrected chi connectivity index (χ4v) is 3.46. The van der Waals surface area contributed by atoms with Crippen molar-refractivity contribution >= 4 is 29.3 Å². The number of hydrogen-bond acceptors (Lipinski definition) is 3. The van der Waals surface area contributed by atoms with Gasteiger partial charge in [-0.15, -0.1) is 11.8 Å². The van der Waals surface area contributed by atoms with E-state index in [1.807, 2.05) is 13.0 Å². The minimum atomic E-state index is -0.460. The van der Waals surface area contributed by atoms with E-state index in [4.69, 9.17) is 0 Å². The Balaban J connectivity index is 1.78. The van der Waals surface area contributed by atoms with Crippen LogP contribution < -0.4 is 10.6 Å². The average molecular weight is 344 g/mol. The molecule has 2 unspecified atom stereocenters. The fourth-order valence-electron chi connectivity index (χ4n) is 2.53. The van der Waals surface area contributed by atoms with E-state index in [0.717, 1.165) is 4.90 Å². The lowest BCUT2D eigenvalue weighted by atomic mass is 10.1. The van der Waals surface area contributed by atoms with Crippen LogP contribution in [0.5, 0.6) is 0 Å². The standard InChI is InChI=1S/C18H17FN2O2S/c1-10(13-5-3-4-6-14(13)19)20-18(23)12-7-8-16-15(9-12)21-17(22)11(2)24-16/h3-11H,1-2H3,(H,20,23)(H,21,22). The molecule has 2 N–H and O–H groups in total. The summed E-state index contributed by atoms with van der Waals surface area (Å²) in [4.78, 5) is 25.1. The molecule has 1 heterocycles. The van der Waals surface area contributed by atoms with E-state index in [1.165, 1.54) is 17.8 Å². The van der Waals surface area contributed by atoms with E-state index in [9.17, 15) is 14.0 Å². The monoisotopic (exact) mass is 344 g/mol. The maximum Gasteiger partial charge on any atom is 0.251 e. The van der Waals surface area contributed by atoms with Crippen molar-refractivity contribution in [3.05, 3.63) is 59.4 Å². The molecule has 2 aromatic carbocycles. The van der Waals surface area contributed by atoms with Gasteiger partial charge in [0.15, 0.2) is 0 Å². The molecular formula is C18H17FN2O2S. The molecule has 0 fully saturated rings. The number of thioether (sulfide) groups is 1. The van der Waals surface area contributed by atoms with Crippen molar-refractivity contribution in [2.45, 2.75) is 30.0 Å². The van der Waals surface area contributed by atoms with Gasteiger partial charge in [0.2, 0.25) is 5.91 Å².